The van der Waals surface area contributed by atoms with E-state index in [-0.39, 0.29) is 6.61 Å². The summed E-state index contributed by atoms with van der Waals surface area (Å²) in [6.07, 6.45) is 6.84. The maximum Gasteiger partial charge on any atom is 0.0431 e. The van der Waals surface area contributed by atoms with Gasteiger partial charge in [0.2, 0.25) is 0 Å². The summed E-state index contributed by atoms with van der Waals surface area (Å²) in [5, 5.41) is 8.96. The first-order valence-electron chi connectivity index (χ1n) is 9.64. The van der Waals surface area contributed by atoms with Crippen LogP contribution >= 0.6 is 11.8 Å². The minimum atomic E-state index is 0.289. The summed E-state index contributed by atoms with van der Waals surface area (Å²) >= 11 is 2.13. The van der Waals surface area contributed by atoms with Crippen molar-refractivity contribution in [1.82, 2.24) is 0 Å². The van der Waals surface area contributed by atoms with Gasteiger partial charge in [0.15, 0.2) is 0 Å². The Morgan fingerprint density at radius 2 is 2.08 bits per heavy atom. The van der Waals surface area contributed by atoms with Crippen molar-refractivity contribution in [3.05, 3.63) is 34.9 Å². The number of unbranched alkanes of at least 4 members (excludes halogenated alkanes) is 1. The van der Waals surface area contributed by atoms with E-state index in [0.29, 0.717) is 12.5 Å². The number of thioether (sulfide) groups is 1. The quantitative estimate of drug-likeness (QED) is 0.616. The van der Waals surface area contributed by atoms with Crippen LogP contribution < -0.4 is 5.73 Å². The molecule has 1 aromatic rings. The monoisotopic (exact) mass is 349 g/mol. The van der Waals surface area contributed by atoms with Gasteiger partial charge in [0.25, 0.3) is 0 Å². The van der Waals surface area contributed by atoms with E-state index in [1.807, 2.05) is 0 Å². The molecule has 0 saturated heterocycles. The van der Waals surface area contributed by atoms with Crippen molar-refractivity contribution in [3.8, 4) is 0 Å². The van der Waals surface area contributed by atoms with E-state index in [9.17, 15) is 0 Å². The maximum absolute atomic E-state index is 8.96. The van der Waals surface area contributed by atoms with E-state index < -0.39 is 0 Å². The number of rotatable bonds is 10. The third-order valence-corrected chi connectivity index (χ3v) is 6.69. The molecule has 0 saturated carbocycles. The molecule has 0 aromatic heterocycles. The normalized spacial score (nSPS) is 18.6. The number of aliphatic hydroxyl groups is 1. The average Bonchev–Trinajstić information content (AvgIpc) is 2.58. The number of nitrogens with two attached hydrogens (primary N) is 1. The van der Waals surface area contributed by atoms with Crippen molar-refractivity contribution in [1.29, 1.82) is 0 Å². The zero-order valence-corrected chi connectivity index (χ0v) is 16.3. The van der Waals surface area contributed by atoms with Gasteiger partial charge in [0, 0.05) is 6.61 Å². The van der Waals surface area contributed by atoms with Crippen LogP contribution in [0.4, 0.5) is 0 Å². The molecular formula is C21H35NOS. The van der Waals surface area contributed by atoms with Gasteiger partial charge >= 0.3 is 0 Å². The number of hydrogen-bond acceptors (Lipinski definition) is 3. The fourth-order valence-corrected chi connectivity index (χ4v) is 4.87. The van der Waals surface area contributed by atoms with Crippen molar-refractivity contribution in [2.24, 2.45) is 17.6 Å². The molecule has 0 spiro atoms. The Bertz CT molecular complexity index is 489. The van der Waals surface area contributed by atoms with E-state index in [1.165, 1.54) is 36.3 Å². The highest BCUT2D eigenvalue weighted by atomic mass is 32.2. The van der Waals surface area contributed by atoms with Crippen molar-refractivity contribution >= 4 is 11.8 Å². The van der Waals surface area contributed by atoms with Crippen molar-refractivity contribution in [2.45, 2.75) is 58.3 Å². The van der Waals surface area contributed by atoms with Crippen LogP contribution in [0.15, 0.2) is 18.2 Å². The number of hydrogen-bond donors (Lipinski definition) is 2. The third-order valence-electron chi connectivity index (χ3n) is 5.08. The lowest BCUT2D eigenvalue weighted by Gasteiger charge is -2.26. The zero-order valence-electron chi connectivity index (χ0n) is 15.5. The fraction of sp³-hybridized carbons (Fsp3) is 0.714. The van der Waals surface area contributed by atoms with E-state index in [0.717, 1.165) is 31.1 Å². The molecule has 1 aromatic carbocycles. The SMILES string of the molecule is CC(C)CSC[C@@H]1CCc2cc([C@H](CN)CCCCO)ccc2C1. The topological polar surface area (TPSA) is 46.2 Å². The van der Waals surface area contributed by atoms with E-state index >= 15 is 0 Å². The summed E-state index contributed by atoms with van der Waals surface area (Å²) in [4.78, 5) is 0. The maximum atomic E-state index is 8.96. The molecule has 0 amide bonds. The summed E-state index contributed by atoms with van der Waals surface area (Å²) in [5.74, 6) is 4.69. The molecule has 24 heavy (non-hydrogen) atoms. The van der Waals surface area contributed by atoms with E-state index in [2.05, 4.69) is 43.8 Å². The molecule has 0 heterocycles. The molecule has 0 aliphatic heterocycles. The highest BCUT2D eigenvalue weighted by Gasteiger charge is 2.20. The Morgan fingerprint density at radius 3 is 2.79 bits per heavy atom. The standard InChI is InChI=1S/C21H35NOS/c1-16(2)14-24-15-17-6-7-19-12-20(9-8-18(19)11-17)21(13-22)5-3-4-10-23/h8-9,12,16-17,21,23H,3-7,10-11,13-15,22H2,1-2H3/t17-,21+/m1/s1. The molecule has 0 unspecified atom stereocenters. The lowest BCUT2D eigenvalue weighted by Crippen LogP contribution is -2.18. The molecule has 0 bridgehead atoms. The number of aliphatic hydroxyl groups excluding tert-OH is 1. The van der Waals surface area contributed by atoms with Crippen molar-refractivity contribution in [3.63, 3.8) is 0 Å². The van der Waals surface area contributed by atoms with Crippen LogP contribution in [0.25, 0.3) is 0 Å². The minimum Gasteiger partial charge on any atom is -0.396 e. The molecule has 0 fully saturated rings. The summed E-state index contributed by atoms with van der Waals surface area (Å²) in [6.45, 7) is 5.61. The van der Waals surface area contributed by atoms with Crippen LogP contribution in [0.3, 0.4) is 0 Å². The predicted octanol–water partition coefficient (Wildman–Crippen LogP) is 4.39. The fourth-order valence-electron chi connectivity index (χ4n) is 3.64. The molecule has 3 heteroatoms. The van der Waals surface area contributed by atoms with Gasteiger partial charge in [-0.2, -0.15) is 11.8 Å². The molecular weight excluding hydrogens is 314 g/mol. The van der Waals surface area contributed by atoms with Crippen LogP contribution in [0.5, 0.6) is 0 Å². The Hall–Kier alpha value is -0.510. The van der Waals surface area contributed by atoms with Gasteiger partial charge in [-0.1, -0.05) is 38.5 Å². The summed E-state index contributed by atoms with van der Waals surface area (Å²) in [6, 6.07) is 7.08. The third kappa shape index (κ3) is 6.09. The lowest BCUT2D eigenvalue weighted by molar-refractivity contribution is 0.281. The first-order valence-corrected chi connectivity index (χ1v) is 10.8. The second-order valence-corrected chi connectivity index (χ2v) is 8.80. The number of fused-ring (bicyclic) bond motifs is 1. The minimum absolute atomic E-state index is 0.289. The first kappa shape index (κ1) is 19.8. The van der Waals surface area contributed by atoms with Crippen molar-refractivity contribution < 1.29 is 5.11 Å². The van der Waals surface area contributed by atoms with E-state index in [4.69, 9.17) is 10.8 Å². The van der Waals surface area contributed by atoms with Gasteiger partial charge < -0.3 is 10.8 Å². The molecule has 1 aliphatic carbocycles. The van der Waals surface area contributed by atoms with Gasteiger partial charge in [-0.15, -0.1) is 0 Å². The van der Waals surface area contributed by atoms with Crippen molar-refractivity contribution in [2.75, 3.05) is 24.7 Å². The van der Waals surface area contributed by atoms with E-state index in [1.54, 1.807) is 11.1 Å². The first-order chi connectivity index (χ1) is 11.6. The van der Waals surface area contributed by atoms with Crippen LogP contribution in [0.2, 0.25) is 0 Å². The van der Waals surface area contributed by atoms with Gasteiger partial charge in [0.05, 0.1) is 0 Å². The second kappa shape index (κ2) is 10.5. The number of benzene rings is 1. The Balaban J connectivity index is 1.92. The summed E-state index contributed by atoms with van der Waals surface area (Å²) < 4.78 is 0. The highest BCUT2D eigenvalue weighted by Crippen LogP contribution is 2.31. The Labute approximate surface area is 152 Å². The molecule has 3 N–H and O–H groups in total. The highest BCUT2D eigenvalue weighted by molar-refractivity contribution is 7.99. The molecule has 2 rings (SSSR count). The molecule has 136 valence electrons. The molecule has 2 nitrogen and oxygen atoms in total. The van der Waals surface area contributed by atoms with Gasteiger partial charge in [0.1, 0.15) is 0 Å². The second-order valence-electron chi connectivity index (χ2n) is 7.72. The molecule has 1 aliphatic rings. The largest absolute Gasteiger partial charge is 0.396 e. The average molecular weight is 350 g/mol. The lowest BCUT2D eigenvalue weighted by atomic mass is 9.82. The van der Waals surface area contributed by atoms with Crippen LogP contribution in [0, 0.1) is 11.8 Å². The smallest absolute Gasteiger partial charge is 0.0431 e. The Morgan fingerprint density at radius 1 is 1.25 bits per heavy atom. The van der Waals surface area contributed by atoms with Gasteiger partial charge in [-0.05, 0) is 84.6 Å². The summed E-state index contributed by atoms with van der Waals surface area (Å²) in [7, 11) is 0. The predicted molar refractivity (Wildman–Crippen MR) is 107 cm³/mol. The zero-order chi connectivity index (χ0) is 17.4. The molecule has 0 radical (unpaired) electrons. The Kier molecular flexibility index (Phi) is 8.65. The van der Waals surface area contributed by atoms with Gasteiger partial charge in [-0.25, -0.2) is 0 Å². The molecule has 2 atom stereocenters. The summed E-state index contributed by atoms with van der Waals surface area (Å²) in [5.41, 5.74) is 10.5. The van der Waals surface area contributed by atoms with Crippen LogP contribution in [-0.2, 0) is 12.8 Å². The number of aryl methyl sites for hydroxylation is 1. The van der Waals surface area contributed by atoms with Gasteiger partial charge in [-0.3, -0.25) is 0 Å². The van der Waals surface area contributed by atoms with Crippen LogP contribution in [0.1, 0.15) is 62.1 Å². The van der Waals surface area contributed by atoms with Crippen LogP contribution in [-0.4, -0.2) is 29.8 Å².